The molecule has 5 nitrogen and oxygen atoms in total. The van der Waals surface area contributed by atoms with Gasteiger partial charge in [-0.05, 0) is 23.8 Å². The third-order valence-electron chi connectivity index (χ3n) is 2.76. The van der Waals surface area contributed by atoms with E-state index in [0.29, 0.717) is 12.2 Å². The quantitative estimate of drug-likeness (QED) is 0.726. The molecule has 0 fully saturated rings. The van der Waals surface area contributed by atoms with Crippen LogP contribution in [0, 0.1) is 0 Å². The van der Waals surface area contributed by atoms with Crippen LogP contribution < -0.4 is 16.4 Å². The van der Waals surface area contributed by atoms with Gasteiger partial charge in [0.2, 0.25) is 0 Å². The van der Waals surface area contributed by atoms with Crippen molar-refractivity contribution in [2.45, 2.75) is 6.54 Å². The summed E-state index contributed by atoms with van der Waals surface area (Å²) in [6.45, 7) is 0.601. The van der Waals surface area contributed by atoms with Crippen LogP contribution in [0.15, 0.2) is 42.6 Å². The average molecular weight is 256 g/mol. The van der Waals surface area contributed by atoms with Crippen molar-refractivity contribution in [3.8, 4) is 0 Å². The van der Waals surface area contributed by atoms with Crippen molar-refractivity contribution in [3.05, 3.63) is 53.9 Å². The summed E-state index contributed by atoms with van der Waals surface area (Å²) in [5.74, 6) is -0.206. The smallest absolute Gasteiger partial charge is 0.269 e. The van der Waals surface area contributed by atoms with Gasteiger partial charge >= 0.3 is 0 Å². The highest BCUT2D eigenvalue weighted by atomic mass is 16.1. The van der Waals surface area contributed by atoms with Crippen molar-refractivity contribution in [3.63, 3.8) is 0 Å². The molecule has 0 atom stereocenters. The van der Waals surface area contributed by atoms with Crippen molar-refractivity contribution in [2.24, 2.45) is 0 Å². The Balaban J connectivity index is 2.08. The minimum atomic E-state index is -0.206. The van der Waals surface area contributed by atoms with E-state index in [1.165, 1.54) is 0 Å². The Kier molecular flexibility index (Phi) is 3.97. The predicted molar refractivity (Wildman–Crippen MR) is 75.8 cm³/mol. The van der Waals surface area contributed by atoms with Gasteiger partial charge in [-0.15, -0.1) is 0 Å². The van der Waals surface area contributed by atoms with Gasteiger partial charge in [-0.1, -0.05) is 18.2 Å². The number of hydrogen-bond acceptors (Lipinski definition) is 4. The Hall–Kier alpha value is -2.56. The van der Waals surface area contributed by atoms with Crippen LogP contribution in [0.4, 0.5) is 11.4 Å². The molecule has 0 radical (unpaired) electrons. The van der Waals surface area contributed by atoms with E-state index in [-0.39, 0.29) is 5.91 Å². The fraction of sp³-hybridized carbons (Fsp3) is 0.143. The number of benzene rings is 1. The SMILES string of the molecule is CNC(=O)c1cc(NCc2ccccc2N)ccn1. The number of nitrogens with two attached hydrogens (primary N) is 1. The summed E-state index contributed by atoms with van der Waals surface area (Å²) in [5.41, 5.74) is 8.84. The van der Waals surface area contributed by atoms with Gasteiger partial charge in [0.25, 0.3) is 5.91 Å². The lowest BCUT2D eigenvalue weighted by molar-refractivity contribution is 0.0958. The standard InChI is InChI=1S/C14H16N4O/c1-16-14(19)13-8-11(6-7-17-13)18-9-10-4-2-3-5-12(10)15/h2-8H,9,15H2,1H3,(H,16,19)(H,17,18). The van der Waals surface area contributed by atoms with E-state index >= 15 is 0 Å². The van der Waals surface area contributed by atoms with Crippen LogP contribution in [0.5, 0.6) is 0 Å². The molecular weight excluding hydrogens is 240 g/mol. The van der Waals surface area contributed by atoms with Gasteiger partial charge in [-0.3, -0.25) is 9.78 Å². The van der Waals surface area contributed by atoms with Crippen LogP contribution in [0.3, 0.4) is 0 Å². The molecular formula is C14H16N4O. The van der Waals surface area contributed by atoms with E-state index in [1.807, 2.05) is 30.3 Å². The summed E-state index contributed by atoms with van der Waals surface area (Å²) < 4.78 is 0. The zero-order valence-electron chi connectivity index (χ0n) is 10.7. The summed E-state index contributed by atoms with van der Waals surface area (Å²) in [7, 11) is 1.58. The lowest BCUT2D eigenvalue weighted by Gasteiger charge is -2.09. The molecule has 1 amide bonds. The average Bonchev–Trinajstić information content (AvgIpc) is 2.46. The number of aromatic nitrogens is 1. The molecule has 0 saturated carbocycles. The van der Waals surface area contributed by atoms with Gasteiger partial charge < -0.3 is 16.4 Å². The molecule has 0 aliphatic rings. The van der Waals surface area contributed by atoms with Gasteiger partial charge in [0.05, 0.1) is 0 Å². The normalized spacial score (nSPS) is 9.95. The second-order valence-corrected chi connectivity index (χ2v) is 4.06. The van der Waals surface area contributed by atoms with E-state index in [0.717, 1.165) is 16.9 Å². The maximum absolute atomic E-state index is 11.5. The number of rotatable bonds is 4. The Labute approximate surface area is 111 Å². The largest absolute Gasteiger partial charge is 0.398 e. The number of amides is 1. The second-order valence-electron chi connectivity index (χ2n) is 4.06. The van der Waals surface area contributed by atoms with Crippen LogP contribution in [-0.2, 0) is 6.54 Å². The topological polar surface area (TPSA) is 80.0 Å². The first-order valence-corrected chi connectivity index (χ1v) is 5.96. The highest BCUT2D eigenvalue weighted by molar-refractivity contribution is 5.92. The first kappa shape index (κ1) is 12.9. The molecule has 1 aromatic heterocycles. The molecule has 5 heteroatoms. The summed E-state index contributed by atoms with van der Waals surface area (Å²) in [5, 5.41) is 5.76. The molecule has 2 rings (SSSR count). The second kappa shape index (κ2) is 5.86. The highest BCUT2D eigenvalue weighted by Crippen LogP contribution is 2.14. The number of para-hydroxylation sites is 1. The van der Waals surface area contributed by atoms with Crippen molar-refractivity contribution >= 4 is 17.3 Å². The molecule has 1 aromatic carbocycles. The number of nitrogens with one attached hydrogen (secondary N) is 2. The highest BCUT2D eigenvalue weighted by Gasteiger charge is 2.05. The van der Waals surface area contributed by atoms with Gasteiger partial charge in [0.15, 0.2) is 0 Å². The first-order valence-electron chi connectivity index (χ1n) is 5.96. The van der Waals surface area contributed by atoms with Crippen LogP contribution in [0.1, 0.15) is 16.1 Å². The minimum Gasteiger partial charge on any atom is -0.398 e. The summed E-state index contributed by atoms with van der Waals surface area (Å²) in [6, 6.07) is 11.2. The van der Waals surface area contributed by atoms with E-state index < -0.39 is 0 Å². The van der Waals surface area contributed by atoms with E-state index in [4.69, 9.17) is 5.73 Å². The van der Waals surface area contributed by atoms with Crippen LogP contribution in [0.2, 0.25) is 0 Å². The molecule has 0 aliphatic carbocycles. The van der Waals surface area contributed by atoms with Gasteiger partial charge in [0, 0.05) is 31.2 Å². The molecule has 1 heterocycles. The van der Waals surface area contributed by atoms with E-state index in [9.17, 15) is 4.79 Å². The first-order chi connectivity index (χ1) is 9.20. The van der Waals surface area contributed by atoms with Gasteiger partial charge in [-0.25, -0.2) is 0 Å². The number of carbonyl (C=O) groups is 1. The zero-order chi connectivity index (χ0) is 13.7. The Morgan fingerprint density at radius 3 is 2.84 bits per heavy atom. The molecule has 0 aliphatic heterocycles. The lowest BCUT2D eigenvalue weighted by atomic mass is 10.2. The zero-order valence-corrected chi connectivity index (χ0v) is 10.7. The molecule has 4 N–H and O–H groups in total. The molecule has 98 valence electrons. The molecule has 0 bridgehead atoms. The number of nitrogens with zero attached hydrogens (tertiary/aromatic N) is 1. The molecule has 19 heavy (non-hydrogen) atoms. The van der Waals surface area contributed by atoms with Gasteiger partial charge in [-0.2, -0.15) is 0 Å². The van der Waals surface area contributed by atoms with Gasteiger partial charge in [0.1, 0.15) is 5.69 Å². The number of hydrogen-bond donors (Lipinski definition) is 3. The Morgan fingerprint density at radius 1 is 1.32 bits per heavy atom. The molecule has 0 unspecified atom stereocenters. The summed E-state index contributed by atoms with van der Waals surface area (Å²) in [6.07, 6.45) is 1.60. The summed E-state index contributed by atoms with van der Waals surface area (Å²) >= 11 is 0. The van der Waals surface area contributed by atoms with Crippen LogP contribution in [0.25, 0.3) is 0 Å². The van der Waals surface area contributed by atoms with E-state index in [2.05, 4.69) is 15.6 Å². The fourth-order valence-corrected chi connectivity index (χ4v) is 1.69. The lowest BCUT2D eigenvalue weighted by Crippen LogP contribution is -2.19. The Bertz CT molecular complexity index is 583. The van der Waals surface area contributed by atoms with Crippen LogP contribution >= 0.6 is 0 Å². The van der Waals surface area contributed by atoms with E-state index in [1.54, 1.807) is 19.3 Å². The minimum absolute atomic E-state index is 0.206. The number of carbonyl (C=O) groups excluding carboxylic acids is 1. The maximum atomic E-state index is 11.5. The van der Waals surface area contributed by atoms with Crippen molar-refractivity contribution in [1.82, 2.24) is 10.3 Å². The molecule has 0 spiro atoms. The number of anilines is 2. The van der Waals surface area contributed by atoms with Crippen molar-refractivity contribution in [1.29, 1.82) is 0 Å². The molecule has 0 saturated heterocycles. The maximum Gasteiger partial charge on any atom is 0.269 e. The monoisotopic (exact) mass is 256 g/mol. The number of pyridine rings is 1. The third kappa shape index (κ3) is 3.22. The number of nitrogen functional groups attached to an aromatic ring is 1. The van der Waals surface area contributed by atoms with Crippen molar-refractivity contribution < 1.29 is 4.79 Å². The van der Waals surface area contributed by atoms with Crippen LogP contribution in [-0.4, -0.2) is 17.9 Å². The predicted octanol–water partition coefficient (Wildman–Crippen LogP) is 1.64. The third-order valence-corrected chi connectivity index (χ3v) is 2.76. The van der Waals surface area contributed by atoms with Crippen molar-refractivity contribution in [2.75, 3.05) is 18.1 Å². The molecule has 2 aromatic rings. The fourth-order valence-electron chi connectivity index (χ4n) is 1.69. The summed E-state index contributed by atoms with van der Waals surface area (Å²) in [4.78, 5) is 15.5. The Morgan fingerprint density at radius 2 is 2.11 bits per heavy atom.